The van der Waals surface area contributed by atoms with Gasteiger partial charge in [0.05, 0.1) is 17.2 Å². The number of nitro benzene ring substituents is 1. The number of anilines is 1. The highest BCUT2D eigenvalue weighted by Crippen LogP contribution is 2.44. The first kappa shape index (κ1) is 17.7. The molecular formula is C21H16N2O5. The van der Waals surface area contributed by atoms with E-state index in [2.05, 4.69) is 5.32 Å². The van der Waals surface area contributed by atoms with Crippen molar-refractivity contribution in [2.75, 3.05) is 11.9 Å². The van der Waals surface area contributed by atoms with Crippen LogP contribution in [0.5, 0.6) is 0 Å². The van der Waals surface area contributed by atoms with E-state index >= 15 is 0 Å². The molecule has 0 unspecified atom stereocenters. The van der Waals surface area contributed by atoms with E-state index in [-0.39, 0.29) is 12.3 Å². The first-order chi connectivity index (χ1) is 13.5. The van der Waals surface area contributed by atoms with Gasteiger partial charge in [-0.15, -0.1) is 0 Å². The van der Waals surface area contributed by atoms with E-state index in [1.807, 2.05) is 30.3 Å². The standard InChI is InChI=1S/C21H16N2O5/c1-2-28-20(25)21(14-8-10-15(11-9-14)23(26)27)19(24)17-12-7-13-5-3-4-6-16(13)18(17)22-21/h3-12,22H,2H2,1H3/t21-/m1/s1. The van der Waals surface area contributed by atoms with E-state index in [1.165, 1.54) is 24.3 Å². The average Bonchev–Trinajstić information content (AvgIpc) is 3.02. The third kappa shape index (κ3) is 2.44. The number of benzene rings is 3. The number of esters is 1. The van der Waals surface area contributed by atoms with Crippen LogP contribution in [0.15, 0.2) is 60.7 Å². The summed E-state index contributed by atoms with van der Waals surface area (Å²) in [6.07, 6.45) is 0. The fourth-order valence-electron chi connectivity index (χ4n) is 3.58. The Morgan fingerprint density at radius 1 is 1.11 bits per heavy atom. The van der Waals surface area contributed by atoms with E-state index < -0.39 is 22.2 Å². The molecule has 1 heterocycles. The Morgan fingerprint density at radius 2 is 1.82 bits per heavy atom. The second kappa shape index (κ2) is 6.45. The predicted octanol–water partition coefficient (Wildman–Crippen LogP) is 3.81. The average molecular weight is 376 g/mol. The molecule has 140 valence electrons. The number of nitrogens with zero attached hydrogens (tertiary/aromatic N) is 1. The molecule has 3 aromatic carbocycles. The second-order valence-corrected chi connectivity index (χ2v) is 6.44. The van der Waals surface area contributed by atoms with Crippen molar-refractivity contribution < 1.29 is 19.2 Å². The van der Waals surface area contributed by atoms with Crippen LogP contribution in [0.4, 0.5) is 11.4 Å². The zero-order valence-corrected chi connectivity index (χ0v) is 15.0. The summed E-state index contributed by atoms with van der Waals surface area (Å²) in [6.45, 7) is 1.75. The number of non-ortho nitro benzene ring substituents is 1. The predicted molar refractivity (Wildman–Crippen MR) is 103 cm³/mol. The van der Waals surface area contributed by atoms with Crippen molar-refractivity contribution >= 4 is 33.9 Å². The molecule has 0 fully saturated rings. The Hall–Kier alpha value is -3.74. The Balaban J connectivity index is 1.92. The van der Waals surface area contributed by atoms with Crippen molar-refractivity contribution in [3.05, 3.63) is 81.9 Å². The third-order valence-corrected chi connectivity index (χ3v) is 4.92. The maximum atomic E-state index is 13.4. The third-order valence-electron chi connectivity index (χ3n) is 4.92. The Morgan fingerprint density at radius 3 is 2.50 bits per heavy atom. The van der Waals surface area contributed by atoms with Crippen molar-refractivity contribution in [3.8, 4) is 0 Å². The zero-order chi connectivity index (χ0) is 19.9. The number of carbonyl (C=O) groups is 2. The van der Waals surface area contributed by atoms with Crippen molar-refractivity contribution in [2.24, 2.45) is 0 Å². The SMILES string of the molecule is CCOC(=O)[C@]1(c2ccc([N+](=O)[O-])cc2)Nc2c(ccc3ccccc23)C1=O. The summed E-state index contributed by atoms with van der Waals surface area (Å²) in [5.41, 5.74) is -0.685. The minimum atomic E-state index is -1.78. The summed E-state index contributed by atoms with van der Waals surface area (Å²) in [5, 5.41) is 15.8. The summed E-state index contributed by atoms with van der Waals surface area (Å²) < 4.78 is 5.22. The van der Waals surface area contributed by atoms with Gasteiger partial charge in [-0.3, -0.25) is 14.9 Å². The molecule has 0 spiro atoms. The first-order valence-corrected chi connectivity index (χ1v) is 8.76. The van der Waals surface area contributed by atoms with Crippen LogP contribution in [0.2, 0.25) is 0 Å². The zero-order valence-electron chi connectivity index (χ0n) is 15.0. The van der Waals surface area contributed by atoms with Crippen LogP contribution < -0.4 is 5.32 Å². The minimum absolute atomic E-state index is 0.0968. The summed E-state index contributed by atoms with van der Waals surface area (Å²) >= 11 is 0. The molecule has 1 N–H and O–H groups in total. The number of Topliss-reactive ketones (excluding diaryl/α,β-unsaturated/α-hetero) is 1. The molecule has 1 atom stereocenters. The lowest BCUT2D eigenvalue weighted by Gasteiger charge is -2.26. The molecule has 0 saturated carbocycles. The Bertz CT molecular complexity index is 1120. The minimum Gasteiger partial charge on any atom is -0.464 e. The van der Waals surface area contributed by atoms with Crippen LogP contribution in [0.1, 0.15) is 22.8 Å². The van der Waals surface area contributed by atoms with Gasteiger partial charge in [0.2, 0.25) is 11.3 Å². The van der Waals surface area contributed by atoms with Gasteiger partial charge in [-0.05, 0) is 36.1 Å². The highest BCUT2D eigenvalue weighted by Gasteiger charge is 2.54. The molecule has 0 radical (unpaired) electrons. The molecule has 28 heavy (non-hydrogen) atoms. The maximum Gasteiger partial charge on any atom is 0.344 e. The number of fused-ring (bicyclic) bond motifs is 3. The number of nitro groups is 1. The highest BCUT2D eigenvalue weighted by atomic mass is 16.6. The fourth-order valence-corrected chi connectivity index (χ4v) is 3.58. The molecule has 4 rings (SSSR count). The lowest BCUT2D eigenvalue weighted by Crippen LogP contribution is -2.47. The van der Waals surface area contributed by atoms with Gasteiger partial charge < -0.3 is 10.1 Å². The van der Waals surface area contributed by atoms with Crippen molar-refractivity contribution in [1.29, 1.82) is 0 Å². The summed E-state index contributed by atoms with van der Waals surface area (Å²) in [5.74, 6) is -1.19. The Kier molecular flexibility index (Phi) is 4.07. The van der Waals surface area contributed by atoms with Gasteiger partial charge in [0.1, 0.15) is 0 Å². The van der Waals surface area contributed by atoms with Crippen LogP contribution in [-0.2, 0) is 15.1 Å². The molecule has 1 aliphatic heterocycles. The number of carbonyl (C=O) groups excluding carboxylic acids is 2. The smallest absolute Gasteiger partial charge is 0.344 e. The quantitative estimate of drug-likeness (QED) is 0.322. The molecule has 7 nitrogen and oxygen atoms in total. The molecule has 3 aromatic rings. The molecule has 0 amide bonds. The fraction of sp³-hybridized carbons (Fsp3) is 0.143. The summed E-state index contributed by atoms with van der Waals surface area (Å²) in [4.78, 5) is 36.8. The maximum absolute atomic E-state index is 13.4. The van der Waals surface area contributed by atoms with Crippen LogP contribution >= 0.6 is 0 Å². The van der Waals surface area contributed by atoms with Crippen molar-refractivity contribution in [2.45, 2.75) is 12.5 Å². The van der Waals surface area contributed by atoms with E-state index in [9.17, 15) is 19.7 Å². The van der Waals surface area contributed by atoms with Crippen LogP contribution in [0, 0.1) is 10.1 Å². The van der Waals surface area contributed by atoms with Gasteiger partial charge in [0.25, 0.3) is 5.69 Å². The van der Waals surface area contributed by atoms with E-state index in [0.717, 1.165) is 10.8 Å². The number of nitrogens with one attached hydrogen (secondary N) is 1. The number of hydrogen-bond donors (Lipinski definition) is 1. The summed E-state index contributed by atoms with van der Waals surface area (Å²) in [7, 11) is 0. The number of ketones is 1. The molecule has 0 bridgehead atoms. The van der Waals surface area contributed by atoms with Gasteiger partial charge >= 0.3 is 5.97 Å². The largest absolute Gasteiger partial charge is 0.464 e. The van der Waals surface area contributed by atoms with E-state index in [4.69, 9.17) is 4.74 Å². The first-order valence-electron chi connectivity index (χ1n) is 8.76. The van der Waals surface area contributed by atoms with Crippen LogP contribution in [-0.4, -0.2) is 23.3 Å². The second-order valence-electron chi connectivity index (χ2n) is 6.44. The number of rotatable bonds is 4. The number of ether oxygens (including phenoxy) is 1. The van der Waals surface area contributed by atoms with Gasteiger partial charge in [-0.1, -0.05) is 30.3 Å². The molecule has 7 heteroatoms. The van der Waals surface area contributed by atoms with Gasteiger partial charge in [0, 0.05) is 23.1 Å². The summed E-state index contributed by atoms with van der Waals surface area (Å²) in [6, 6.07) is 16.4. The molecule has 0 aromatic heterocycles. The number of hydrogen-bond acceptors (Lipinski definition) is 6. The molecular weight excluding hydrogens is 360 g/mol. The van der Waals surface area contributed by atoms with E-state index in [0.29, 0.717) is 16.8 Å². The van der Waals surface area contributed by atoms with Crippen LogP contribution in [0.3, 0.4) is 0 Å². The monoisotopic (exact) mass is 376 g/mol. The lowest BCUT2D eigenvalue weighted by molar-refractivity contribution is -0.384. The normalized spacial score (nSPS) is 17.8. The van der Waals surface area contributed by atoms with Gasteiger partial charge in [0.15, 0.2) is 0 Å². The molecule has 0 aliphatic carbocycles. The Labute approximate surface area is 160 Å². The molecule has 0 saturated heterocycles. The van der Waals surface area contributed by atoms with Crippen molar-refractivity contribution in [1.82, 2.24) is 0 Å². The topological polar surface area (TPSA) is 98.5 Å². The molecule has 1 aliphatic rings. The lowest BCUT2D eigenvalue weighted by atomic mass is 9.85. The van der Waals surface area contributed by atoms with Gasteiger partial charge in [-0.25, -0.2) is 4.79 Å². The van der Waals surface area contributed by atoms with Crippen LogP contribution in [0.25, 0.3) is 10.8 Å². The highest BCUT2D eigenvalue weighted by molar-refractivity contribution is 6.27. The van der Waals surface area contributed by atoms with Gasteiger partial charge in [-0.2, -0.15) is 0 Å². The van der Waals surface area contributed by atoms with E-state index in [1.54, 1.807) is 13.0 Å². The van der Waals surface area contributed by atoms with Crippen molar-refractivity contribution in [3.63, 3.8) is 0 Å².